The summed E-state index contributed by atoms with van der Waals surface area (Å²) in [6.07, 6.45) is 1.55. The molecule has 1 fully saturated rings. The Balaban J connectivity index is 1.63. The summed E-state index contributed by atoms with van der Waals surface area (Å²) in [5.74, 6) is -2.91. The van der Waals surface area contributed by atoms with E-state index in [-0.39, 0.29) is 23.6 Å². The molecule has 7 heteroatoms. The average Bonchev–Trinajstić information content (AvgIpc) is 3.13. The first-order chi connectivity index (χ1) is 13.3. The molecule has 3 rings (SSSR count). The molecule has 2 aromatic rings. The van der Waals surface area contributed by atoms with E-state index < -0.39 is 17.6 Å². The Labute approximate surface area is 162 Å². The lowest BCUT2D eigenvalue weighted by Gasteiger charge is -2.25. The van der Waals surface area contributed by atoms with E-state index >= 15 is 0 Å². The second-order valence-corrected chi connectivity index (χ2v) is 7.03. The van der Waals surface area contributed by atoms with Crippen LogP contribution in [0.15, 0.2) is 42.5 Å². The molecule has 148 valence electrons. The molecule has 2 atom stereocenters. The van der Waals surface area contributed by atoms with Gasteiger partial charge in [-0.1, -0.05) is 18.2 Å². The quantitative estimate of drug-likeness (QED) is 0.795. The predicted molar refractivity (Wildman–Crippen MR) is 99.7 cm³/mol. The van der Waals surface area contributed by atoms with Crippen LogP contribution >= 0.6 is 0 Å². The van der Waals surface area contributed by atoms with Crippen LogP contribution < -0.4 is 5.32 Å². The number of halogens is 2. The minimum atomic E-state index is -0.998. The van der Waals surface area contributed by atoms with Crippen molar-refractivity contribution in [3.8, 4) is 0 Å². The maximum absolute atomic E-state index is 13.4. The van der Waals surface area contributed by atoms with Gasteiger partial charge in [-0.2, -0.15) is 0 Å². The number of amides is 1. The highest BCUT2D eigenvalue weighted by molar-refractivity contribution is 5.87. The number of carbonyl (C=O) groups is 2. The van der Waals surface area contributed by atoms with E-state index in [0.29, 0.717) is 25.1 Å². The Hall–Kier alpha value is -2.80. The molecular weight excluding hydrogens is 366 g/mol. The normalized spacial score (nSPS) is 18.0. The number of rotatable bonds is 6. The second kappa shape index (κ2) is 8.48. The molecule has 0 radical (unpaired) electrons. The summed E-state index contributed by atoms with van der Waals surface area (Å²) in [5, 5.41) is 11.9. The summed E-state index contributed by atoms with van der Waals surface area (Å²) < 4.78 is 26.5. The van der Waals surface area contributed by atoms with Gasteiger partial charge in [0.25, 0.3) is 0 Å². The van der Waals surface area contributed by atoms with Crippen LogP contribution in [0.5, 0.6) is 0 Å². The molecule has 1 aliphatic rings. The molecule has 28 heavy (non-hydrogen) atoms. The molecule has 1 unspecified atom stereocenters. The summed E-state index contributed by atoms with van der Waals surface area (Å²) in [6.45, 7) is 2.91. The van der Waals surface area contributed by atoms with Crippen LogP contribution in [0.1, 0.15) is 47.3 Å². The van der Waals surface area contributed by atoms with Crippen LogP contribution in [-0.2, 0) is 11.3 Å². The number of carboxylic acids is 1. The van der Waals surface area contributed by atoms with Gasteiger partial charge < -0.3 is 10.4 Å². The van der Waals surface area contributed by atoms with Gasteiger partial charge in [-0.15, -0.1) is 0 Å². The first kappa shape index (κ1) is 19.9. The molecular formula is C21H22F2N2O3. The van der Waals surface area contributed by atoms with Crippen LogP contribution in [0.3, 0.4) is 0 Å². The van der Waals surface area contributed by atoms with Crippen LogP contribution in [0.4, 0.5) is 8.78 Å². The van der Waals surface area contributed by atoms with Gasteiger partial charge in [0, 0.05) is 6.54 Å². The Bertz CT molecular complexity index is 870. The van der Waals surface area contributed by atoms with Crippen molar-refractivity contribution >= 4 is 11.9 Å². The Morgan fingerprint density at radius 3 is 2.54 bits per heavy atom. The van der Waals surface area contributed by atoms with Gasteiger partial charge in [-0.25, -0.2) is 13.6 Å². The van der Waals surface area contributed by atoms with Gasteiger partial charge >= 0.3 is 5.97 Å². The highest BCUT2D eigenvalue weighted by Crippen LogP contribution is 2.22. The summed E-state index contributed by atoms with van der Waals surface area (Å²) >= 11 is 0. The number of likely N-dealkylation sites (tertiary alicyclic amines) is 1. The van der Waals surface area contributed by atoms with Crippen LogP contribution in [0.2, 0.25) is 0 Å². The maximum atomic E-state index is 13.4. The predicted octanol–water partition coefficient (Wildman–Crippen LogP) is 3.50. The summed E-state index contributed by atoms with van der Waals surface area (Å²) in [6, 6.07) is 9.54. The van der Waals surface area contributed by atoms with Crippen molar-refractivity contribution in [3.63, 3.8) is 0 Å². The van der Waals surface area contributed by atoms with Crippen molar-refractivity contribution in [2.45, 2.75) is 38.4 Å². The van der Waals surface area contributed by atoms with Gasteiger partial charge in [0.1, 0.15) is 0 Å². The Morgan fingerprint density at radius 1 is 1.18 bits per heavy atom. The molecule has 1 saturated heterocycles. The lowest BCUT2D eigenvalue weighted by molar-refractivity contribution is -0.126. The topological polar surface area (TPSA) is 69.6 Å². The highest BCUT2D eigenvalue weighted by atomic mass is 19.2. The number of nitrogens with one attached hydrogen (secondary N) is 1. The second-order valence-electron chi connectivity index (χ2n) is 7.03. The maximum Gasteiger partial charge on any atom is 0.335 e. The molecule has 1 heterocycles. The van der Waals surface area contributed by atoms with Gasteiger partial charge in [0.15, 0.2) is 11.6 Å². The average molecular weight is 388 g/mol. The molecule has 0 aliphatic carbocycles. The first-order valence-electron chi connectivity index (χ1n) is 9.17. The zero-order chi connectivity index (χ0) is 20.3. The number of aromatic carboxylic acids is 1. The van der Waals surface area contributed by atoms with Gasteiger partial charge in [0.2, 0.25) is 5.91 Å². The summed E-state index contributed by atoms with van der Waals surface area (Å²) in [5.41, 5.74) is 1.62. The molecule has 0 aromatic heterocycles. The highest BCUT2D eigenvalue weighted by Gasteiger charge is 2.31. The Morgan fingerprint density at radius 2 is 1.89 bits per heavy atom. The van der Waals surface area contributed by atoms with E-state index in [9.17, 15) is 18.4 Å². The minimum Gasteiger partial charge on any atom is -0.478 e. The van der Waals surface area contributed by atoms with Crippen molar-refractivity contribution in [2.24, 2.45) is 0 Å². The fourth-order valence-corrected chi connectivity index (χ4v) is 3.49. The van der Waals surface area contributed by atoms with Crippen molar-refractivity contribution in [3.05, 3.63) is 70.8 Å². The van der Waals surface area contributed by atoms with E-state index in [1.807, 2.05) is 11.8 Å². The molecule has 2 aromatic carbocycles. The zero-order valence-electron chi connectivity index (χ0n) is 15.5. The van der Waals surface area contributed by atoms with E-state index in [1.54, 1.807) is 12.1 Å². The third kappa shape index (κ3) is 4.54. The van der Waals surface area contributed by atoms with Crippen molar-refractivity contribution < 1.29 is 23.5 Å². The van der Waals surface area contributed by atoms with Crippen molar-refractivity contribution in [1.29, 1.82) is 0 Å². The molecule has 1 amide bonds. The smallest absolute Gasteiger partial charge is 0.335 e. The van der Waals surface area contributed by atoms with Gasteiger partial charge in [-0.3, -0.25) is 9.69 Å². The molecule has 2 N–H and O–H groups in total. The lowest BCUT2D eigenvalue weighted by Crippen LogP contribution is -2.43. The van der Waals surface area contributed by atoms with E-state index in [2.05, 4.69) is 5.32 Å². The standard InChI is InChI=1S/C21H22F2N2O3/c1-13(15-5-7-16(8-6-15)21(27)28)24-20(26)19-3-2-10-25(19)12-14-4-9-17(22)18(23)11-14/h4-9,11,13,19H,2-3,10,12H2,1H3,(H,24,26)(H,27,28)/t13-,19?/m0/s1. The third-order valence-corrected chi connectivity index (χ3v) is 5.05. The number of carbonyl (C=O) groups excluding carboxylic acids is 1. The largest absolute Gasteiger partial charge is 0.478 e. The van der Waals surface area contributed by atoms with E-state index in [4.69, 9.17) is 5.11 Å². The van der Waals surface area contributed by atoms with E-state index in [0.717, 1.165) is 24.1 Å². The lowest BCUT2D eigenvalue weighted by atomic mass is 10.1. The van der Waals surface area contributed by atoms with Crippen molar-refractivity contribution in [2.75, 3.05) is 6.54 Å². The number of hydrogen-bond acceptors (Lipinski definition) is 3. The van der Waals surface area contributed by atoms with Crippen LogP contribution in [0.25, 0.3) is 0 Å². The third-order valence-electron chi connectivity index (χ3n) is 5.05. The summed E-state index contributed by atoms with van der Waals surface area (Å²) in [7, 11) is 0. The SMILES string of the molecule is C[C@H](NC(=O)C1CCCN1Cc1ccc(F)c(F)c1)c1ccc(C(=O)O)cc1. The number of carboxylic acid groups (broad SMARTS) is 1. The number of hydrogen-bond donors (Lipinski definition) is 2. The number of benzene rings is 2. The molecule has 1 aliphatic heterocycles. The molecule has 0 spiro atoms. The number of nitrogens with zero attached hydrogens (tertiary/aromatic N) is 1. The Kier molecular flexibility index (Phi) is 6.04. The van der Waals surface area contributed by atoms with E-state index in [1.165, 1.54) is 18.2 Å². The minimum absolute atomic E-state index is 0.130. The fraction of sp³-hybridized carbons (Fsp3) is 0.333. The van der Waals surface area contributed by atoms with Crippen molar-refractivity contribution in [1.82, 2.24) is 10.2 Å². The molecule has 0 bridgehead atoms. The monoisotopic (exact) mass is 388 g/mol. The van der Waals surface area contributed by atoms with Crippen LogP contribution in [-0.4, -0.2) is 34.5 Å². The molecule has 5 nitrogen and oxygen atoms in total. The first-order valence-corrected chi connectivity index (χ1v) is 9.17. The zero-order valence-corrected chi connectivity index (χ0v) is 15.5. The van der Waals surface area contributed by atoms with Gasteiger partial charge in [0.05, 0.1) is 17.6 Å². The van der Waals surface area contributed by atoms with Gasteiger partial charge in [-0.05, 0) is 61.7 Å². The summed E-state index contributed by atoms with van der Waals surface area (Å²) in [4.78, 5) is 25.6. The molecule has 0 saturated carbocycles. The fourth-order valence-electron chi connectivity index (χ4n) is 3.49. The van der Waals surface area contributed by atoms with Crippen LogP contribution in [0, 0.1) is 11.6 Å².